The maximum atomic E-state index is 6.04. The minimum atomic E-state index is 0.213. The van der Waals surface area contributed by atoms with Gasteiger partial charge in [-0.05, 0) is 51.6 Å². The van der Waals surface area contributed by atoms with Crippen molar-refractivity contribution in [2.45, 2.75) is 37.3 Å². The Morgan fingerprint density at radius 3 is 3.12 bits per heavy atom. The monoisotopic (exact) mass is 244 g/mol. The van der Waals surface area contributed by atoms with Gasteiger partial charge in [-0.1, -0.05) is 0 Å². The highest BCUT2D eigenvalue weighted by Gasteiger charge is 2.41. The fourth-order valence-corrected chi connectivity index (χ4v) is 4.14. The van der Waals surface area contributed by atoms with Gasteiger partial charge in [0.15, 0.2) is 0 Å². The molecule has 0 aromatic carbocycles. The van der Waals surface area contributed by atoms with Crippen molar-refractivity contribution >= 4 is 11.8 Å². The first-order valence-electron chi connectivity index (χ1n) is 6.38. The first-order valence-corrected chi connectivity index (χ1v) is 7.53. The number of thioether (sulfide) groups is 1. The van der Waals surface area contributed by atoms with Gasteiger partial charge in [0.2, 0.25) is 0 Å². The van der Waals surface area contributed by atoms with Crippen molar-refractivity contribution in [3.05, 3.63) is 0 Å². The molecule has 16 heavy (non-hydrogen) atoms. The molecule has 2 aliphatic rings. The SMILES string of the molecule is CN(CCCN)C1CCOC2(CCSC2)C1. The molecule has 0 radical (unpaired) electrons. The molecule has 3 nitrogen and oxygen atoms in total. The normalized spacial score (nSPS) is 35.1. The molecule has 1 spiro atoms. The summed E-state index contributed by atoms with van der Waals surface area (Å²) < 4.78 is 6.04. The Balaban J connectivity index is 1.85. The molecule has 2 unspecified atom stereocenters. The van der Waals surface area contributed by atoms with Gasteiger partial charge in [-0.2, -0.15) is 11.8 Å². The number of hydrogen-bond acceptors (Lipinski definition) is 4. The molecule has 94 valence electrons. The lowest BCUT2D eigenvalue weighted by molar-refractivity contribution is -0.0863. The maximum Gasteiger partial charge on any atom is 0.0795 e. The third-order valence-electron chi connectivity index (χ3n) is 3.87. The van der Waals surface area contributed by atoms with Gasteiger partial charge < -0.3 is 15.4 Å². The first kappa shape index (κ1) is 12.7. The van der Waals surface area contributed by atoms with E-state index in [0.717, 1.165) is 26.1 Å². The molecule has 0 amide bonds. The fourth-order valence-electron chi connectivity index (χ4n) is 2.76. The zero-order valence-electron chi connectivity index (χ0n) is 10.3. The summed E-state index contributed by atoms with van der Waals surface area (Å²) in [6.45, 7) is 2.87. The fraction of sp³-hybridized carbons (Fsp3) is 1.00. The van der Waals surface area contributed by atoms with E-state index in [-0.39, 0.29) is 5.60 Å². The molecule has 2 saturated heterocycles. The van der Waals surface area contributed by atoms with Crippen LogP contribution in [0.1, 0.15) is 25.7 Å². The van der Waals surface area contributed by atoms with Gasteiger partial charge in [0.05, 0.1) is 5.60 Å². The largest absolute Gasteiger partial charge is 0.374 e. The molecule has 4 heteroatoms. The first-order chi connectivity index (χ1) is 7.76. The van der Waals surface area contributed by atoms with Crippen molar-refractivity contribution in [3.63, 3.8) is 0 Å². The molecule has 0 aromatic heterocycles. The molecule has 0 saturated carbocycles. The Hall–Kier alpha value is 0.230. The van der Waals surface area contributed by atoms with Crippen LogP contribution in [0.2, 0.25) is 0 Å². The van der Waals surface area contributed by atoms with Gasteiger partial charge in [-0.15, -0.1) is 0 Å². The second kappa shape index (κ2) is 5.71. The van der Waals surface area contributed by atoms with E-state index < -0.39 is 0 Å². The molecule has 0 aromatic rings. The summed E-state index contributed by atoms with van der Waals surface area (Å²) in [4.78, 5) is 2.49. The summed E-state index contributed by atoms with van der Waals surface area (Å²) in [6.07, 6.45) is 4.77. The predicted octanol–water partition coefficient (Wildman–Crippen LogP) is 1.32. The van der Waals surface area contributed by atoms with Crippen LogP contribution < -0.4 is 5.73 Å². The Bertz CT molecular complexity index is 219. The Labute approximate surface area is 103 Å². The highest BCUT2D eigenvalue weighted by molar-refractivity contribution is 7.99. The van der Waals surface area contributed by atoms with Crippen molar-refractivity contribution in [1.29, 1.82) is 0 Å². The van der Waals surface area contributed by atoms with Crippen LogP contribution in [-0.2, 0) is 4.74 Å². The summed E-state index contributed by atoms with van der Waals surface area (Å²) in [5.41, 5.74) is 5.78. The van der Waals surface area contributed by atoms with Crippen LogP contribution >= 0.6 is 11.8 Å². The van der Waals surface area contributed by atoms with Crippen LogP contribution in [-0.4, -0.2) is 54.8 Å². The molecule has 0 bridgehead atoms. The van der Waals surface area contributed by atoms with E-state index >= 15 is 0 Å². The second-order valence-corrected chi connectivity index (χ2v) is 6.21. The number of rotatable bonds is 4. The topological polar surface area (TPSA) is 38.5 Å². The van der Waals surface area contributed by atoms with E-state index in [1.165, 1.54) is 30.8 Å². The number of nitrogens with zero attached hydrogens (tertiary/aromatic N) is 1. The van der Waals surface area contributed by atoms with E-state index in [0.29, 0.717) is 6.04 Å². The van der Waals surface area contributed by atoms with E-state index in [9.17, 15) is 0 Å². The van der Waals surface area contributed by atoms with E-state index in [4.69, 9.17) is 10.5 Å². The molecule has 2 aliphatic heterocycles. The summed E-state index contributed by atoms with van der Waals surface area (Å²) in [5.74, 6) is 2.48. The van der Waals surface area contributed by atoms with E-state index in [1.54, 1.807) is 0 Å². The van der Waals surface area contributed by atoms with Crippen LogP contribution in [0.3, 0.4) is 0 Å². The molecular formula is C12H24N2OS. The molecule has 2 N–H and O–H groups in total. The highest BCUT2D eigenvalue weighted by atomic mass is 32.2. The molecule has 2 atom stereocenters. The zero-order valence-corrected chi connectivity index (χ0v) is 11.1. The second-order valence-electron chi connectivity index (χ2n) is 5.10. The quantitative estimate of drug-likeness (QED) is 0.809. The highest BCUT2D eigenvalue weighted by Crippen LogP contribution is 2.39. The lowest BCUT2D eigenvalue weighted by atomic mass is 9.89. The lowest BCUT2D eigenvalue weighted by Crippen LogP contribution is -2.48. The van der Waals surface area contributed by atoms with Crippen LogP contribution in [0.25, 0.3) is 0 Å². The van der Waals surface area contributed by atoms with Gasteiger partial charge in [-0.25, -0.2) is 0 Å². The van der Waals surface area contributed by atoms with Crippen molar-refractivity contribution in [3.8, 4) is 0 Å². The van der Waals surface area contributed by atoms with Crippen molar-refractivity contribution in [2.75, 3.05) is 38.2 Å². The Morgan fingerprint density at radius 1 is 1.56 bits per heavy atom. The van der Waals surface area contributed by atoms with Crippen LogP contribution in [0.4, 0.5) is 0 Å². The third-order valence-corrected chi connectivity index (χ3v) is 5.10. The molecule has 2 fully saturated rings. The lowest BCUT2D eigenvalue weighted by Gasteiger charge is -2.41. The Morgan fingerprint density at radius 2 is 2.44 bits per heavy atom. The van der Waals surface area contributed by atoms with E-state index in [2.05, 4.69) is 11.9 Å². The average molecular weight is 244 g/mol. The number of hydrogen-bond donors (Lipinski definition) is 1. The standard InChI is InChI=1S/C12H24N2OS/c1-14(6-2-5-13)11-3-7-15-12(9-11)4-8-16-10-12/h11H,2-10,13H2,1H3. The average Bonchev–Trinajstić information content (AvgIpc) is 2.74. The minimum absolute atomic E-state index is 0.213. The minimum Gasteiger partial charge on any atom is -0.374 e. The van der Waals surface area contributed by atoms with Crippen molar-refractivity contribution in [1.82, 2.24) is 4.90 Å². The van der Waals surface area contributed by atoms with Gasteiger partial charge >= 0.3 is 0 Å². The number of ether oxygens (including phenoxy) is 1. The predicted molar refractivity (Wildman–Crippen MR) is 69.9 cm³/mol. The molecule has 2 rings (SSSR count). The van der Waals surface area contributed by atoms with Crippen LogP contribution in [0.5, 0.6) is 0 Å². The van der Waals surface area contributed by atoms with Crippen molar-refractivity contribution < 1.29 is 4.74 Å². The Kier molecular flexibility index (Phi) is 4.53. The summed E-state index contributed by atoms with van der Waals surface area (Å²) in [7, 11) is 2.24. The van der Waals surface area contributed by atoms with Crippen molar-refractivity contribution in [2.24, 2.45) is 5.73 Å². The summed E-state index contributed by atoms with van der Waals surface area (Å²) in [6, 6.07) is 0.707. The van der Waals surface area contributed by atoms with E-state index in [1.807, 2.05) is 11.8 Å². The third kappa shape index (κ3) is 2.92. The zero-order chi connectivity index (χ0) is 11.4. The summed E-state index contributed by atoms with van der Waals surface area (Å²) >= 11 is 2.05. The number of nitrogens with two attached hydrogens (primary N) is 1. The van der Waals surface area contributed by atoms with Gasteiger partial charge in [-0.3, -0.25) is 0 Å². The molecular weight excluding hydrogens is 220 g/mol. The van der Waals surface area contributed by atoms with Gasteiger partial charge in [0, 0.05) is 18.4 Å². The van der Waals surface area contributed by atoms with Gasteiger partial charge in [0.1, 0.15) is 0 Å². The molecule has 0 aliphatic carbocycles. The van der Waals surface area contributed by atoms with Crippen LogP contribution in [0.15, 0.2) is 0 Å². The van der Waals surface area contributed by atoms with Gasteiger partial charge in [0.25, 0.3) is 0 Å². The summed E-state index contributed by atoms with van der Waals surface area (Å²) in [5, 5.41) is 0. The smallest absolute Gasteiger partial charge is 0.0795 e. The maximum absolute atomic E-state index is 6.04. The van der Waals surface area contributed by atoms with Crippen LogP contribution in [0, 0.1) is 0 Å². The molecule has 2 heterocycles.